The molecule has 0 radical (unpaired) electrons. The normalized spacial score (nSPS) is 21.6. The zero-order valence-electron chi connectivity index (χ0n) is 17.9. The van der Waals surface area contributed by atoms with Crippen LogP contribution in [0.3, 0.4) is 0 Å². The van der Waals surface area contributed by atoms with E-state index in [4.69, 9.17) is 16.6 Å². The third-order valence-corrected chi connectivity index (χ3v) is 8.12. The Morgan fingerprint density at radius 1 is 1.19 bits per heavy atom. The van der Waals surface area contributed by atoms with Gasteiger partial charge in [-0.1, -0.05) is 11.6 Å². The summed E-state index contributed by atoms with van der Waals surface area (Å²) in [5.41, 5.74) is 2.41. The molecule has 2 atom stereocenters. The molecular formula is C21H26ClN7OS. The van der Waals surface area contributed by atoms with Crippen LogP contribution in [0.1, 0.15) is 45.3 Å². The second-order valence-corrected chi connectivity index (χ2v) is 11.8. The van der Waals surface area contributed by atoms with E-state index in [0.29, 0.717) is 10.8 Å². The molecule has 10 heteroatoms. The smallest absolute Gasteiger partial charge is 0.179 e. The minimum Gasteiger partial charge on any atom is -0.598 e. The van der Waals surface area contributed by atoms with E-state index in [1.165, 1.54) is 0 Å². The molecular weight excluding hydrogens is 434 g/mol. The van der Waals surface area contributed by atoms with Gasteiger partial charge in [0.15, 0.2) is 5.65 Å². The quantitative estimate of drug-likeness (QED) is 0.474. The average Bonchev–Trinajstić information content (AvgIpc) is 3.28. The van der Waals surface area contributed by atoms with Gasteiger partial charge in [-0.15, -0.1) is 4.72 Å². The first kappa shape index (κ1) is 20.9. The summed E-state index contributed by atoms with van der Waals surface area (Å²) < 4.78 is 18.1. The van der Waals surface area contributed by atoms with Gasteiger partial charge in [0.1, 0.15) is 27.3 Å². The highest BCUT2D eigenvalue weighted by atomic mass is 35.5. The van der Waals surface area contributed by atoms with Crippen molar-refractivity contribution in [1.82, 2.24) is 29.5 Å². The topological polar surface area (TPSA) is 94.8 Å². The van der Waals surface area contributed by atoms with Crippen molar-refractivity contribution in [3.8, 4) is 0 Å². The molecule has 0 amide bonds. The van der Waals surface area contributed by atoms with Crippen molar-refractivity contribution in [2.24, 2.45) is 5.41 Å². The monoisotopic (exact) mass is 459 g/mol. The number of piperidine rings is 1. The molecule has 1 spiro atoms. The molecule has 2 aliphatic heterocycles. The number of hydrogen-bond donors (Lipinski definition) is 1. The summed E-state index contributed by atoms with van der Waals surface area (Å²) in [6, 6.07) is 5.65. The number of nitrogens with zero attached hydrogens (tertiary/aromatic N) is 6. The van der Waals surface area contributed by atoms with Crippen LogP contribution >= 0.6 is 11.6 Å². The molecule has 5 heterocycles. The lowest BCUT2D eigenvalue weighted by molar-refractivity contribution is 0.160. The molecule has 1 unspecified atom stereocenters. The van der Waals surface area contributed by atoms with Crippen molar-refractivity contribution in [3.63, 3.8) is 0 Å². The summed E-state index contributed by atoms with van der Waals surface area (Å²) in [5, 5.41) is 4.92. The van der Waals surface area contributed by atoms with Crippen molar-refractivity contribution in [2.75, 3.05) is 18.0 Å². The maximum atomic E-state index is 12.9. The zero-order chi connectivity index (χ0) is 21.8. The largest absolute Gasteiger partial charge is 0.598 e. The first-order chi connectivity index (χ1) is 14.7. The molecule has 164 valence electrons. The Bertz CT molecular complexity index is 1110. The zero-order valence-corrected chi connectivity index (χ0v) is 19.4. The van der Waals surface area contributed by atoms with Crippen molar-refractivity contribution < 1.29 is 4.55 Å². The minimum absolute atomic E-state index is 0.0135. The third kappa shape index (κ3) is 3.77. The van der Waals surface area contributed by atoms with Gasteiger partial charge in [0.05, 0.1) is 11.9 Å². The van der Waals surface area contributed by atoms with Crippen LogP contribution in [0.4, 0.5) is 5.82 Å². The molecule has 0 aromatic carbocycles. The number of pyridine rings is 1. The Hall–Kier alpha value is -1.94. The van der Waals surface area contributed by atoms with Gasteiger partial charge in [-0.05, 0) is 51.8 Å². The summed E-state index contributed by atoms with van der Waals surface area (Å²) in [7, 11) is 0. The predicted octanol–water partition coefficient (Wildman–Crippen LogP) is 3.27. The van der Waals surface area contributed by atoms with Crippen LogP contribution in [0.25, 0.3) is 11.2 Å². The molecule has 1 fully saturated rings. The molecule has 1 saturated heterocycles. The minimum atomic E-state index is -1.15. The number of anilines is 1. The van der Waals surface area contributed by atoms with Crippen LogP contribution in [0.2, 0.25) is 5.15 Å². The molecule has 2 aliphatic rings. The molecule has 0 saturated carbocycles. The van der Waals surface area contributed by atoms with Gasteiger partial charge in [-0.2, -0.15) is 5.10 Å². The summed E-state index contributed by atoms with van der Waals surface area (Å²) in [5.74, 6) is 0.852. The lowest BCUT2D eigenvalue weighted by Gasteiger charge is -2.43. The highest BCUT2D eigenvalue weighted by Crippen LogP contribution is 2.50. The van der Waals surface area contributed by atoms with E-state index in [-0.39, 0.29) is 16.2 Å². The standard InChI is InChI=1S/C21H26ClN7OS/c1-20(2,3)31(30)27-18-15-6-9-24-29(15)13-21(18)7-10-28(11-8-21)17-12-23-19-14(25-17)4-5-16(22)26-19/h4-6,9,12,18,27H,7-8,10-11,13H2,1-3H3/t18-,31?/m1/s1. The Kier molecular flexibility index (Phi) is 5.12. The molecule has 31 heavy (non-hydrogen) atoms. The number of halogens is 1. The van der Waals surface area contributed by atoms with Crippen molar-refractivity contribution in [1.29, 1.82) is 0 Å². The van der Waals surface area contributed by atoms with Gasteiger partial charge < -0.3 is 9.45 Å². The SMILES string of the molecule is CC(C)(C)[S+]([O-])N[C@@H]1c2ccnn2CC12CCN(c1cnc3nc(Cl)ccc3n1)CC2. The van der Waals surface area contributed by atoms with E-state index in [1.54, 1.807) is 12.3 Å². The van der Waals surface area contributed by atoms with E-state index < -0.39 is 11.4 Å². The average molecular weight is 460 g/mol. The highest BCUT2D eigenvalue weighted by molar-refractivity contribution is 7.90. The Morgan fingerprint density at radius 2 is 1.97 bits per heavy atom. The van der Waals surface area contributed by atoms with Crippen molar-refractivity contribution in [3.05, 3.63) is 41.4 Å². The van der Waals surface area contributed by atoms with Gasteiger partial charge >= 0.3 is 0 Å². The molecule has 3 aromatic heterocycles. The van der Waals surface area contributed by atoms with Crippen LogP contribution in [0.5, 0.6) is 0 Å². The highest BCUT2D eigenvalue weighted by Gasteiger charge is 2.51. The molecule has 0 bridgehead atoms. The lowest BCUT2D eigenvalue weighted by Crippen LogP contribution is -2.50. The van der Waals surface area contributed by atoms with E-state index in [2.05, 4.69) is 29.4 Å². The predicted molar refractivity (Wildman–Crippen MR) is 122 cm³/mol. The van der Waals surface area contributed by atoms with Crippen molar-refractivity contribution in [2.45, 2.75) is 50.9 Å². The first-order valence-corrected chi connectivity index (χ1v) is 12.0. The number of hydrogen-bond acceptors (Lipinski definition) is 7. The fourth-order valence-corrected chi connectivity index (χ4v) is 5.63. The van der Waals surface area contributed by atoms with Crippen LogP contribution < -0.4 is 9.62 Å². The molecule has 0 aliphatic carbocycles. The fraction of sp³-hybridized carbons (Fsp3) is 0.524. The van der Waals surface area contributed by atoms with E-state index in [9.17, 15) is 4.55 Å². The van der Waals surface area contributed by atoms with Crippen molar-refractivity contribution >= 4 is 39.9 Å². The first-order valence-electron chi connectivity index (χ1n) is 10.5. The molecule has 3 aromatic rings. The van der Waals surface area contributed by atoms with Crippen LogP contribution in [-0.4, -0.2) is 47.1 Å². The van der Waals surface area contributed by atoms with Gasteiger partial charge in [-0.3, -0.25) is 4.68 Å². The van der Waals surface area contributed by atoms with E-state index in [0.717, 1.165) is 49.5 Å². The number of nitrogens with one attached hydrogen (secondary N) is 1. The van der Waals surface area contributed by atoms with Crippen LogP contribution in [0, 0.1) is 5.41 Å². The second-order valence-electron chi connectivity index (χ2n) is 9.40. The van der Waals surface area contributed by atoms with E-state index in [1.807, 2.05) is 39.1 Å². The molecule has 1 N–H and O–H groups in total. The lowest BCUT2D eigenvalue weighted by atomic mass is 9.73. The van der Waals surface area contributed by atoms with Gasteiger partial charge in [0.2, 0.25) is 0 Å². The summed E-state index contributed by atoms with van der Waals surface area (Å²) in [6.07, 6.45) is 5.51. The Labute approximate surface area is 189 Å². The fourth-order valence-electron chi connectivity index (χ4n) is 4.54. The Balaban J connectivity index is 1.36. The van der Waals surface area contributed by atoms with E-state index >= 15 is 0 Å². The maximum absolute atomic E-state index is 12.9. The molecule has 5 rings (SSSR count). The van der Waals surface area contributed by atoms with Gasteiger partial charge in [0.25, 0.3) is 0 Å². The van der Waals surface area contributed by atoms with Crippen LogP contribution in [-0.2, 0) is 17.9 Å². The Morgan fingerprint density at radius 3 is 2.71 bits per heavy atom. The summed E-state index contributed by atoms with van der Waals surface area (Å²) in [4.78, 5) is 15.7. The third-order valence-electron chi connectivity index (χ3n) is 6.34. The molecule has 8 nitrogen and oxygen atoms in total. The maximum Gasteiger partial charge on any atom is 0.179 e. The van der Waals surface area contributed by atoms with Gasteiger partial charge in [0, 0.05) is 42.6 Å². The second kappa shape index (κ2) is 7.58. The van der Waals surface area contributed by atoms with Gasteiger partial charge in [-0.25, -0.2) is 15.0 Å². The van der Waals surface area contributed by atoms with Crippen LogP contribution in [0.15, 0.2) is 30.6 Å². The summed E-state index contributed by atoms with van der Waals surface area (Å²) >= 11 is 4.81. The number of aromatic nitrogens is 5. The summed E-state index contributed by atoms with van der Waals surface area (Å²) in [6.45, 7) is 8.54. The number of rotatable bonds is 3. The number of fused-ring (bicyclic) bond motifs is 2.